The molecule has 2 rings (SSSR count). The largest absolute Gasteiger partial charge is 0.505 e. The predicted octanol–water partition coefficient (Wildman–Crippen LogP) is 2.87. The molecule has 1 saturated heterocycles. The van der Waals surface area contributed by atoms with E-state index >= 15 is 0 Å². The van der Waals surface area contributed by atoms with Crippen LogP contribution in [-0.4, -0.2) is 17.7 Å². The summed E-state index contributed by atoms with van der Waals surface area (Å²) < 4.78 is 13.2. The molecule has 16 heavy (non-hydrogen) atoms. The van der Waals surface area contributed by atoms with Crippen LogP contribution in [0, 0.1) is 5.82 Å². The Kier molecular flexibility index (Phi) is 3.66. The highest BCUT2D eigenvalue weighted by molar-refractivity contribution is 6.31. The minimum absolute atomic E-state index is 0.291. The van der Waals surface area contributed by atoms with Gasteiger partial charge in [0.15, 0.2) is 11.6 Å². The zero-order valence-electron chi connectivity index (χ0n) is 8.97. The standard InChI is InChI=1S/C12H15ClFNO/c13-10-4-5-11(14)12(16)9(10)7-8-3-1-2-6-15-8/h4-5,8,15-16H,1-3,6-7H2. The molecular weight excluding hydrogens is 229 g/mol. The zero-order chi connectivity index (χ0) is 11.5. The third-order valence-corrected chi connectivity index (χ3v) is 3.39. The number of phenols is 1. The van der Waals surface area contributed by atoms with Gasteiger partial charge in [0, 0.05) is 16.6 Å². The number of hydrogen-bond acceptors (Lipinski definition) is 2. The van der Waals surface area contributed by atoms with Gasteiger partial charge in [0.25, 0.3) is 0 Å². The summed E-state index contributed by atoms with van der Waals surface area (Å²) in [6.07, 6.45) is 3.99. The Morgan fingerprint density at radius 2 is 2.25 bits per heavy atom. The Bertz CT molecular complexity index is 378. The third kappa shape index (κ3) is 2.47. The molecule has 0 bridgehead atoms. The lowest BCUT2D eigenvalue weighted by Crippen LogP contribution is -2.35. The summed E-state index contributed by atoms with van der Waals surface area (Å²) in [5.74, 6) is -0.907. The molecular formula is C12H15ClFNO. The van der Waals surface area contributed by atoms with Crippen LogP contribution in [0.25, 0.3) is 0 Å². The smallest absolute Gasteiger partial charge is 0.165 e. The summed E-state index contributed by atoms with van der Waals surface area (Å²) >= 11 is 5.97. The summed E-state index contributed by atoms with van der Waals surface area (Å²) in [5, 5.41) is 13.4. The van der Waals surface area contributed by atoms with Crippen molar-refractivity contribution in [1.82, 2.24) is 5.32 Å². The summed E-state index contributed by atoms with van der Waals surface area (Å²) in [6, 6.07) is 2.98. The maximum atomic E-state index is 13.2. The van der Waals surface area contributed by atoms with E-state index in [2.05, 4.69) is 5.32 Å². The summed E-state index contributed by atoms with van der Waals surface area (Å²) in [7, 11) is 0. The molecule has 1 unspecified atom stereocenters. The van der Waals surface area contributed by atoms with Crippen LogP contribution in [0.4, 0.5) is 4.39 Å². The predicted molar refractivity (Wildman–Crippen MR) is 62.4 cm³/mol. The molecule has 0 saturated carbocycles. The number of hydrogen-bond donors (Lipinski definition) is 2. The van der Waals surface area contributed by atoms with E-state index in [4.69, 9.17) is 11.6 Å². The van der Waals surface area contributed by atoms with Crippen LogP contribution in [-0.2, 0) is 6.42 Å². The average molecular weight is 244 g/mol. The second-order valence-electron chi connectivity index (χ2n) is 4.21. The van der Waals surface area contributed by atoms with Gasteiger partial charge in [-0.15, -0.1) is 0 Å². The fraction of sp³-hybridized carbons (Fsp3) is 0.500. The fourth-order valence-corrected chi connectivity index (χ4v) is 2.35. The SMILES string of the molecule is Oc1c(F)ccc(Cl)c1CC1CCCCN1. The van der Waals surface area contributed by atoms with Gasteiger partial charge in [-0.25, -0.2) is 4.39 Å². The molecule has 2 nitrogen and oxygen atoms in total. The normalized spacial score (nSPS) is 21.0. The minimum atomic E-state index is -0.602. The van der Waals surface area contributed by atoms with Crippen molar-refractivity contribution < 1.29 is 9.50 Å². The first-order valence-electron chi connectivity index (χ1n) is 5.57. The van der Waals surface area contributed by atoms with Gasteiger partial charge in [-0.3, -0.25) is 0 Å². The van der Waals surface area contributed by atoms with Crippen LogP contribution < -0.4 is 5.32 Å². The van der Waals surface area contributed by atoms with Crippen molar-refractivity contribution in [2.24, 2.45) is 0 Å². The molecule has 88 valence electrons. The average Bonchev–Trinajstić information content (AvgIpc) is 2.31. The molecule has 1 heterocycles. The Hall–Kier alpha value is -0.800. The van der Waals surface area contributed by atoms with Crippen LogP contribution in [0.3, 0.4) is 0 Å². The molecule has 0 amide bonds. The van der Waals surface area contributed by atoms with Crippen molar-refractivity contribution in [2.75, 3.05) is 6.54 Å². The van der Waals surface area contributed by atoms with E-state index in [1.165, 1.54) is 25.0 Å². The Balaban J connectivity index is 2.16. The summed E-state index contributed by atoms with van der Waals surface area (Å²) in [5.41, 5.74) is 0.515. The maximum absolute atomic E-state index is 13.2. The molecule has 4 heteroatoms. The number of phenolic OH excluding ortho intramolecular Hbond substituents is 1. The van der Waals surface area contributed by atoms with Crippen LogP contribution >= 0.6 is 11.6 Å². The first-order valence-corrected chi connectivity index (χ1v) is 5.95. The molecule has 0 spiro atoms. The minimum Gasteiger partial charge on any atom is -0.505 e. The van der Waals surface area contributed by atoms with Crippen molar-refractivity contribution >= 4 is 11.6 Å². The highest BCUT2D eigenvalue weighted by Gasteiger charge is 2.18. The van der Waals surface area contributed by atoms with Gasteiger partial charge < -0.3 is 10.4 Å². The quantitative estimate of drug-likeness (QED) is 0.837. The summed E-state index contributed by atoms with van der Waals surface area (Å²) in [4.78, 5) is 0. The Morgan fingerprint density at radius 1 is 1.44 bits per heavy atom. The Morgan fingerprint density at radius 3 is 2.94 bits per heavy atom. The van der Waals surface area contributed by atoms with E-state index in [0.29, 0.717) is 23.0 Å². The van der Waals surface area contributed by atoms with Crippen LogP contribution in [0.1, 0.15) is 24.8 Å². The van der Waals surface area contributed by atoms with E-state index in [1.54, 1.807) is 0 Å². The maximum Gasteiger partial charge on any atom is 0.165 e. The lowest BCUT2D eigenvalue weighted by molar-refractivity contribution is 0.385. The van der Waals surface area contributed by atoms with Crippen LogP contribution in [0.5, 0.6) is 5.75 Å². The van der Waals surface area contributed by atoms with E-state index < -0.39 is 5.82 Å². The molecule has 0 radical (unpaired) electrons. The summed E-state index contributed by atoms with van der Waals surface area (Å²) in [6.45, 7) is 0.984. The van der Waals surface area contributed by atoms with Crippen molar-refractivity contribution in [3.8, 4) is 5.75 Å². The van der Waals surface area contributed by atoms with Gasteiger partial charge in [0.05, 0.1) is 0 Å². The van der Waals surface area contributed by atoms with Gasteiger partial charge in [-0.05, 0) is 37.9 Å². The first-order chi connectivity index (χ1) is 7.68. The molecule has 1 aromatic rings. The number of rotatable bonds is 2. The second-order valence-corrected chi connectivity index (χ2v) is 4.61. The van der Waals surface area contributed by atoms with Crippen LogP contribution in [0.15, 0.2) is 12.1 Å². The first kappa shape index (κ1) is 11.7. The van der Waals surface area contributed by atoms with Gasteiger partial charge in [-0.2, -0.15) is 0 Å². The van der Waals surface area contributed by atoms with Crippen molar-refractivity contribution in [3.63, 3.8) is 0 Å². The zero-order valence-corrected chi connectivity index (χ0v) is 9.73. The molecule has 0 aromatic heterocycles. The number of piperidine rings is 1. The molecule has 1 aromatic carbocycles. The highest BCUT2D eigenvalue weighted by atomic mass is 35.5. The van der Waals surface area contributed by atoms with E-state index in [-0.39, 0.29) is 5.75 Å². The van der Waals surface area contributed by atoms with Gasteiger partial charge in [0.1, 0.15) is 0 Å². The number of halogens is 2. The number of aromatic hydroxyl groups is 1. The topological polar surface area (TPSA) is 32.3 Å². The van der Waals surface area contributed by atoms with Gasteiger partial charge in [-0.1, -0.05) is 18.0 Å². The molecule has 1 atom stereocenters. The highest BCUT2D eigenvalue weighted by Crippen LogP contribution is 2.30. The van der Waals surface area contributed by atoms with Gasteiger partial charge in [0.2, 0.25) is 0 Å². The van der Waals surface area contributed by atoms with E-state index in [0.717, 1.165) is 13.0 Å². The molecule has 2 N–H and O–H groups in total. The van der Waals surface area contributed by atoms with Crippen molar-refractivity contribution in [1.29, 1.82) is 0 Å². The molecule has 1 aliphatic heterocycles. The fourth-order valence-electron chi connectivity index (χ4n) is 2.12. The molecule has 0 aliphatic carbocycles. The number of nitrogens with one attached hydrogen (secondary N) is 1. The lowest BCUT2D eigenvalue weighted by Gasteiger charge is -2.24. The number of benzene rings is 1. The third-order valence-electron chi connectivity index (χ3n) is 3.04. The van der Waals surface area contributed by atoms with E-state index in [9.17, 15) is 9.50 Å². The van der Waals surface area contributed by atoms with Crippen LogP contribution in [0.2, 0.25) is 5.02 Å². The van der Waals surface area contributed by atoms with E-state index in [1.807, 2.05) is 0 Å². The lowest BCUT2D eigenvalue weighted by atomic mass is 9.97. The van der Waals surface area contributed by atoms with Crippen molar-refractivity contribution in [2.45, 2.75) is 31.7 Å². The molecule has 1 fully saturated rings. The van der Waals surface area contributed by atoms with Gasteiger partial charge >= 0.3 is 0 Å². The Labute approximate surface area is 99.4 Å². The van der Waals surface area contributed by atoms with Crippen molar-refractivity contribution in [3.05, 3.63) is 28.5 Å². The molecule has 1 aliphatic rings. The monoisotopic (exact) mass is 243 g/mol. The second kappa shape index (κ2) is 5.02.